The number of nitrogens with zero attached hydrogens (tertiary/aromatic N) is 17. The number of nitro benzene ring substituents is 1. The van der Waals surface area contributed by atoms with Crippen molar-refractivity contribution >= 4 is 153 Å². The molecule has 13 rings (SSSR count). The van der Waals surface area contributed by atoms with E-state index in [-0.39, 0.29) is 75.3 Å². The first kappa shape index (κ1) is 114. The zero-order chi connectivity index (χ0) is 108. The molecule has 0 bridgehead atoms. The molecule has 6 heterocycles. The summed E-state index contributed by atoms with van der Waals surface area (Å²) < 4.78 is 64.4. The number of para-hydroxylation sites is 4. The minimum Gasteiger partial charge on any atom is -0.494 e. The first-order valence-corrected chi connectivity index (χ1v) is 48.1. The van der Waals surface area contributed by atoms with Gasteiger partial charge in [0.15, 0.2) is 0 Å². The Bertz CT molecular complexity index is 6710. The monoisotopic (exact) mass is 2040 g/mol. The Morgan fingerprint density at radius 3 is 1.05 bits per heavy atom. The summed E-state index contributed by atoms with van der Waals surface area (Å²) >= 11 is 0. The molecular weight excluding hydrogens is 1910 g/mol. The van der Waals surface area contributed by atoms with E-state index < -0.39 is 28.0 Å². The number of nitrogens with one attached hydrogen (secondary N) is 5. The number of fused-ring (bicyclic) bond motifs is 3. The molecule has 0 spiro atoms. The standard InChI is InChI=1S/2C32H39N7O5.C29H37N7O4.C10H12N2O2.CH4O3S/c2*1-9-29(40)34-24-16-25(28(42-7)17-27(24)38(6)15-14-37(4)5)35-32-33-18-22(31(41)44-20(2)3)30(36-32)23-19-39(43-8)26-13-11-10-12-21(23)26;1-18(2)40-28(37)20-16-31-29(33-27(20)21-17-36(39-7)24-11-9-8-10-19(21)24)32-23-14-22(30)25(15-26(23)38-6)35(5)13-12-34(3)4;1-11(2)8-7-9-5-3-4-6-10(9)12(13)14;1-5(2,3)4/h2*9-13,16-20H,1,14-15H2,2-8H3,(H,34,40)(H,33,35,36);8-11,14-18H,12-13,30H2,1-7H3,(H,31,32,33);3-8H,1-2H3;1H3,(H,2,3,4)/b;;;8-7+;. The average molecular weight is 2040 g/mol. The molecule has 43 heteroatoms. The minimum absolute atomic E-state index is 0.130. The Balaban J connectivity index is 0.000000224. The van der Waals surface area contributed by atoms with E-state index in [1.54, 1.807) is 166 Å². The summed E-state index contributed by atoms with van der Waals surface area (Å²) in [5, 5.41) is 28.6. The summed E-state index contributed by atoms with van der Waals surface area (Å²) in [4.78, 5) is 133. The smallest absolute Gasteiger partial charge is 0.342 e. The molecule has 0 saturated heterocycles. The molecule has 0 saturated carbocycles. The SMILES string of the molecule is C=CC(=O)Nc1cc(Nc2ncc(C(=O)OC(C)C)c(-c3cn(OC)c4ccccc34)n2)c(OC)cc1N(C)CCN(C)C.C=CC(=O)Nc1cc(Nc2ncc(C(=O)OC(C)C)c(-c3cn(OC)c4ccccc34)n2)c(OC)cc1N(C)CCN(C)C.CN(C)/C=C/c1ccccc1[N+](=O)[O-].COc1cc(N(C)CCN(C)C)c(N)cc1Nc1ncc(C(=O)OC(C)C)c(-c2cn(OC)c3ccccc23)n1.CS(=O)(=O)O. The molecule has 782 valence electrons. The highest BCUT2D eigenvalue weighted by Gasteiger charge is 2.30. The van der Waals surface area contributed by atoms with Crippen molar-refractivity contribution in [2.75, 3.05) is 213 Å². The lowest BCUT2D eigenvalue weighted by Crippen LogP contribution is -2.29. The van der Waals surface area contributed by atoms with Crippen molar-refractivity contribution < 1.29 is 84.8 Å². The van der Waals surface area contributed by atoms with Crippen molar-refractivity contribution in [3.05, 3.63) is 235 Å². The fourth-order valence-electron chi connectivity index (χ4n) is 14.5. The summed E-state index contributed by atoms with van der Waals surface area (Å²) in [6, 6.07) is 40.5. The van der Waals surface area contributed by atoms with E-state index in [2.05, 4.69) is 74.3 Å². The number of rotatable bonds is 40. The van der Waals surface area contributed by atoms with Crippen molar-refractivity contribution in [2.45, 2.75) is 59.9 Å². The third-order valence-electron chi connectivity index (χ3n) is 21.6. The number of carbonyl (C=O) groups is 5. The van der Waals surface area contributed by atoms with Crippen molar-refractivity contribution in [3.8, 4) is 51.0 Å². The molecule has 147 heavy (non-hydrogen) atoms. The molecule has 0 aliphatic heterocycles. The van der Waals surface area contributed by atoms with Crippen LogP contribution in [0.3, 0.4) is 0 Å². The van der Waals surface area contributed by atoms with E-state index in [0.29, 0.717) is 110 Å². The molecule has 0 radical (unpaired) electrons. The Kier molecular flexibility index (Phi) is 41.2. The summed E-state index contributed by atoms with van der Waals surface area (Å²) in [5.41, 5.74) is 19.0. The molecule has 0 fully saturated rings. The predicted octanol–water partition coefficient (Wildman–Crippen LogP) is 14.9. The van der Waals surface area contributed by atoms with Crippen LogP contribution in [-0.4, -0.2) is 295 Å². The van der Waals surface area contributed by atoms with Gasteiger partial charge in [-0.25, -0.2) is 44.3 Å². The summed E-state index contributed by atoms with van der Waals surface area (Å²) in [7, 11) is 27.4. The van der Waals surface area contributed by atoms with Crippen LogP contribution in [0.2, 0.25) is 0 Å². The van der Waals surface area contributed by atoms with Gasteiger partial charge in [-0.15, -0.1) is 0 Å². The highest BCUT2D eigenvalue weighted by molar-refractivity contribution is 7.85. The van der Waals surface area contributed by atoms with Gasteiger partial charge in [-0.3, -0.25) is 24.3 Å². The Morgan fingerprint density at radius 2 is 0.755 bits per heavy atom. The highest BCUT2D eigenvalue weighted by atomic mass is 32.2. The number of likely N-dealkylation sites (N-methyl/N-ethyl adjacent to an activating group) is 6. The third-order valence-corrected chi connectivity index (χ3v) is 21.6. The quantitative estimate of drug-likeness (QED) is 0.00357. The van der Waals surface area contributed by atoms with Gasteiger partial charge in [-0.05, 0) is 151 Å². The number of aromatic nitrogens is 9. The molecule has 8 N–H and O–H groups in total. The van der Waals surface area contributed by atoms with Gasteiger partial charge in [0.25, 0.3) is 15.8 Å². The van der Waals surface area contributed by atoms with E-state index >= 15 is 0 Å². The predicted molar refractivity (Wildman–Crippen MR) is 578 cm³/mol. The minimum atomic E-state index is -3.67. The average Bonchev–Trinajstić information content (AvgIpc) is 1.64. The van der Waals surface area contributed by atoms with Gasteiger partial charge in [0, 0.05) is 150 Å². The fraction of sp³-hybridized carbons (Fsp3) is 0.317. The van der Waals surface area contributed by atoms with Crippen LogP contribution in [-0.2, 0) is 33.9 Å². The number of hydrogen-bond acceptors (Lipinski definition) is 35. The Labute approximate surface area is 855 Å². The molecule has 0 atom stereocenters. The molecule has 2 amide bonds. The van der Waals surface area contributed by atoms with E-state index in [1.165, 1.54) is 36.8 Å². The van der Waals surface area contributed by atoms with Gasteiger partial charge in [-0.2, -0.15) is 22.6 Å². The molecular formula is C104H131N23O19S. The molecule has 42 nitrogen and oxygen atoms in total. The van der Waals surface area contributed by atoms with Crippen molar-refractivity contribution in [3.63, 3.8) is 0 Å². The zero-order valence-corrected chi connectivity index (χ0v) is 88.1. The van der Waals surface area contributed by atoms with Crippen LogP contribution in [0.4, 0.5) is 74.7 Å². The maximum Gasteiger partial charge on any atom is 0.342 e. The number of anilines is 12. The van der Waals surface area contributed by atoms with Crippen LogP contribution >= 0.6 is 0 Å². The molecule has 6 aromatic heterocycles. The molecule has 13 aromatic rings. The van der Waals surface area contributed by atoms with Crippen LogP contribution < -0.4 is 75.7 Å². The lowest BCUT2D eigenvalue weighted by Gasteiger charge is -2.26. The number of hydrogen-bond donors (Lipinski definition) is 7. The van der Waals surface area contributed by atoms with Crippen molar-refractivity contribution in [2.24, 2.45) is 0 Å². The number of amides is 2. The van der Waals surface area contributed by atoms with E-state index in [1.807, 2.05) is 183 Å². The number of esters is 3. The van der Waals surface area contributed by atoms with Gasteiger partial charge in [0.05, 0.1) is 160 Å². The van der Waals surface area contributed by atoms with Gasteiger partial charge >= 0.3 is 17.9 Å². The van der Waals surface area contributed by atoms with Crippen LogP contribution in [0, 0.1) is 10.1 Å². The van der Waals surface area contributed by atoms with Crippen LogP contribution in [0.5, 0.6) is 17.2 Å². The van der Waals surface area contributed by atoms with Gasteiger partial charge < -0.3 is 110 Å². The first-order valence-electron chi connectivity index (χ1n) is 46.2. The summed E-state index contributed by atoms with van der Waals surface area (Å²) in [6.45, 7) is 22.6. The molecule has 0 aliphatic carbocycles. The lowest BCUT2D eigenvalue weighted by molar-refractivity contribution is -0.385. The zero-order valence-electron chi connectivity index (χ0n) is 87.2. The van der Waals surface area contributed by atoms with Crippen molar-refractivity contribution in [1.29, 1.82) is 0 Å². The number of nitrogen functional groups attached to an aromatic ring is 1. The number of benzene rings is 7. The number of nitrogens with two attached hydrogens (primary N) is 1. The lowest BCUT2D eigenvalue weighted by atomic mass is 10.1. The molecule has 7 aromatic carbocycles. The maximum absolute atomic E-state index is 13.2. The molecule has 0 aliphatic rings. The van der Waals surface area contributed by atoms with Gasteiger partial charge in [-0.1, -0.05) is 79.9 Å². The molecule has 0 unspecified atom stereocenters. The number of nitro groups is 1. The maximum atomic E-state index is 13.2. The van der Waals surface area contributed by atoms with Gasteiger partial charge in [0.1, 0.15) is 55.3 Å². The second-order valence-electron chi connectivity index (χ2n) is 34.9. The van der Waals surface area contributed by atoms with E-state index in [9.17, 15) is 42.5 Å². The Morgan fingerprint density at radius 1 is 0.456 bits per heavy atom. The summed E-state index contributed by atoms with van der Waals surface area (Å²) in [5.74, 6) is -0.100. The largest absolute Gasteiger partial charge is 0.494 e. The second-order valence-corrected chi connectivity index (χ2v) is 36.4. The highest BCUT2D eigenvalue weighted by Crippen LogP contribution is 2.44. The number of carbonyl (C=O) groups excluding carboxylic acids is 5. The van der Waals surface area contributed by atoms with E-state index in [0.717, 1.165) is 75.9 Å². The second kappa shape index (κ2) is 53.1. The first-order chi connectivity index (χ1) is 69.8. The number of ether oxygens (including phenoxy) is 6. The number of methoxy groups -OCH3 is 3. The Hall–Kier alpha value is -16.6. The fourth-order valence-corrected chi connectivity index (χ4v) is 14.5. The topological polar surface area (TPSA) is 467 Å². The summed E-state index contributed by atoms with van der Waals surface area (Å²) in [6.07, 6.45) is 15.3. The van der Waals surface area contributed by atoms with Crippen molar-refractivity contribution in [1.82, 2.24) is 63.7 Å². The van der Waals surface area contributed by atoms with Crippen LogP contribution in [0.1, 0.15) is 78.2 Å². The normalized spacial score (nSPS) is 11.0. The van der Waals surface area contributed by atoms with Gasteiger partial charge in [0.2, 0.25) is 29.7 Å². The van der Waals surface area contributed by atoms with E-state index in [4.69, 9.17) is 68.2 Å². The third kappa shape index (κ3) is 31.4. The van der Waals surface area contributed by atoms with Crippen LogP contribution in [0.15, 0.2) is 202 Å². The van der Waals surface area contributed by atoms with Crippen LogP contribution in [0.25, 0.3) is 72.6 Å².